The summed E-state index contributed by atoms with van der Waals surface area (Å²) in [7, 11) is 0. The quantitative estimate of drug-likeness (QED) is 0.763. The fraction of sp³-hybridized carbons (Fsp3) is 0.400. The molecule has 1 aromatic rings. The van der Waals surface area contributed by atoms with E-state index in [1.54, 1.807) is 6.20 Å². The molecule has 1 N–H and O–H groups in total. The Hall–Kier alpha value is -1.58. The van der Waals surface area contributed by atoms with Gasteiger partial charge >= 0.3 is 5.97 Å². The molecule has 0 amide bonds. The van der Waals surface area contributed by atoms with Crippen LogP contribution in [-0.2, 0) is 4.79 Å². The molecule has 74 valence electrons. The average Bonchev–Trinajstić information content (AvgIpc) is 2.67. The molecule has 1 aliphatic rings. The molecule has 0 spiro atoms. The Balaban J connectivity index is 2.22. The normalized spacial score (nSPS) is 21.1. The first-order chi connectivity index (χ1) is 6.79. The maximum Gasteiger partial charge on any atom is 0.326 e. The van der Waals surface area contributed by atoms with Crippen molar-refractivity contribution in [3.63, 3.8) is 0 Å². The van der Waals surface area contributed by atoms with Gasteiger partial charge in [0.15, 0.2) is 0 Å². The van der Waals surface area contributed by atoms with E-state index in [4.69, 9.17) is 5.11 Å². The molecule has 1 aromatic heterocycles. The lowest BCUT2D eigenvalue weighted by atomic mass is 10.2. The maximum absolute atomic E-state index is 10.9. The van der Waals surface area contributed by atoms with Crippen molar-refractivity contribution < 1.29 is 9.90 Å². The van der Waals surface area contributed by atoms with Gasteiger partial charge in [0, 0.05) is 12.7 Å². The zero-order valence-corrected chi connectivity index (χ0v) is 7.76. The van der Waals surface area contributed by atoms with Crippen LogP contribution in [-0.4, -0.2) is 28.6 Å². The van der Waals surface area contributed by atoms with Gasteiger partial charge in [-0.25, -0.2) is 9.78 Å². The number of aliphatic carboxylic acids is 1. The van der Waals surface area contributed by atoms with Crippen LogP contribution in [0.4, 0.5) is 5.82 Å². The van der Waals surface area contributed by atoms with E-state index >= 15 is 0 Å². The highest BCUT2D eigenvalue weighted by molar-refractivity contribution is 5.78. The van der Waals surface area contributed by atoms with Gasteiger partial charge in [0.2, 0.25) is 0 Å². The number of nitrogens with zero attached hydrogens (tertiary/aromatic N) is 2. The van der Waals surface area contributed by atoms with Crippen molar-refractivity contribution in [3.05, 3.63) is 24.4 Å². The Morgan fingerprint density at radius 3 is 3.07 bits per heavy atom. The van der Waals surface area contributed by atoms with Gasteiger partial charge in [-0.1, -0.05) is 6.07 Å². The predicted octanol–water partition coefficient (Wildman–Crippen LogP) is 1.14. The summed E-state index contributed by atoms with van der Waals surface area (Å²) < 4.78 is 0. The predicted molar refractivity (Wildman–Crippen MR) is 52.2 cm³/mol. The van der Waals surface area contributed by atoms with Gasteiger partial charge in [-0.05, 0) is 25.0 Å². The second kappa shape index (κ2) is 3.65. The van der Waals surface area contributed by atoms with Crippen molar-refractivity contribution in [2.45, 2.75) is 18.9 Å². The van der Waals surface area contributed by atoms with Crippen LogP contribution in [0.15, 0.2) is 24.4 Å². The van der Waals surface area contributed by atoms with E-state index in [0.29, 0.717) is 6.42 Å². The molecule has 0 radical (unpaired) electrons. The van der Waals surface area contributed by atoms with Gasteiger partial charge in [0.1, 0.15) is 11.9 Å². The Kier molecular flexibility index (Phi) is 2.35. The number of carboxylic acids is 1. The smallest absolute Gasteiger partial charge is 0.326 e. The molecule has 1 unspecified atom stereocenters. The molecule has 1 saturated heterocycles. The molecule has 2 heterocycles. The number of aromatic nitrogens is 1. The van der Waals surface area contributed by atoms with E-state index < -0.39 is 12.0 Å². The summed E-state index contributed by atoms with van der Waals surface area (Å²) in [5, 5.41) is 8.98. The molecule has 1 fully saturated rings. The van der Waals surface area contributed by atoms with Crippen LogP contribution in [0.3, 0.4) is 0 Å². The summed E-state index contributed by atoms with van der Waals surface area (Å²) in [5.41, 5.74) is 0. The first-order valence-electron chi connectivity index (χ1n) is 4.69. The lowest BCUT2D eigenvalue weighted by Gasteiger charge is -2.21. The largest absolute Gasteiger partial charge is 0.480 e. The molecule has 0 aliphatic carbocycles. The number of pyridine rings is 1. The van der Waals surface area contributed by atoms with Crippen LogP contribution in [0.5, 0.6) is 0 Å². The maximum atomic E-state index is 10.9. The Morgan fingerprint density at radius 1 is 1.57 bits per heavy atom. The molecule has 14 heavy (non-hydrogen) atoms. The fourth-order valence-electron chi connectivity index (χ4n) is 1.82. The van der Waals surface area contributed by atoms with Gasteiger partial charge in [0.25, 0.3) is 0 Å². The second-order valence-corrected chi connectivity index (χ2v) is 3.38. The molecule has 4 nitrogen and oxygen atoms in total. The van der Waals surface area contributed by atoms with E-state index in [2.05, 4.69) is 4.98 Å². The Labute approximate surface area is 82.2 Å². The second-order valence-electron chi connectivity index (χ2n) is 3.38. The van der Waals surface area contributed by atoms with Gasteiger partial charge in [-0.15, -0.1) is 0 Å². The summed E-state index contributed by atoms with van der Waals surface area (Å²) in [5.74, 6) is 0.00514. The van der Waals surface area contributed by atoms with Crippen molar-refractivity contribution in [3.8, 4) is 0 Å². The highest BCUT2D eigenvalue weighted by Gasteiger charge is 2.30. The summed E-state index contributed by atoms with van der Waals surface area (Å²) >= 11 is 0. The molecular weight excluding hydrogens is 180 g/mol. The van der Waals surface area contributed by atoms with Crippen molar-refractivity contribution in [1.29, 1.82) is 0 Å². The average molecular weight is 192 g/mol. The SMILES string of the molecule is O=C(O)C1CCCN1c1ccccn1. The zero-order chi connectivity index (χ0) is 9.97. The number of anilines is 1. The first kappa shape index (κ1) is 8.99. The molecule has 0 aromatic carbocycles. The standard InChI is InChI=1S/C10H12N2O2/c13-10(14)8-4-3-7-12(8)9-5-1-2-6-11-9/h1-2,5-6,8H,3-4,7H2,(H,13,14). The Bertz CT molecular complexity index is 326. The summed E-state index contributed by atoms with van der Waals surface area (Å²) in [6.07, 6.45) is 3.33. The van der Waals surface area contributed by atoms with Crippen molar-refractivity contribution in [2.24, 2.45) is 0 Å². The summed E-state index contributed by atoms with van der Waals surface area (Å²) in [6.45, 7) is 0.786. The summed E-state index contributed by atoms with van der Waals surface area (Å²) in [4.78, 5) is 16.9. The number of carboxylic acid groups (broad SMARTS) is 1. The van der Waals surface area contributed by atoms with Crippen LogP contribution in [0.25, 0.3) is 0 Å². The number of carbonyl (C=O) groups is 1. The summed E-state index contributed by atoms with van der Waals surface area (Å²) in [6, 6.07) is 5.15. The highest BCUT2D eigenvalue weighted by atomic mass is 16.4. The van der Waals surface area contributed by atoms with Crippen LogP contribution in [0.1, 0.15) is 12.8 Å². The zero-order valence-electron chi connectivity index (χ0n) is 7.76. The third-order valence-corrected chi connectivity index (χ3v) is 2.48. The lowest BCUT2D eigenvalue weighted by molar-refractivity contribution is -0.138. The molecule has 0 bridgehead atoms. The molecule has 2 rings (SSSR count). The molecule has 4 heteroatoms. The lowest BCUT2D eigenvalue weighted by Crippen LogP contribution is -2.36. The first-order valence-corrected chi connectivity index (χ1v) is 4.69. The fourth-order valence-corrected chi connectivity index (χ4v) is 1.82. The molecular formula is C10H12N2O2. The van der Waals surface area contributed by atoms with E-state index in [9.17, 15) is 4.79 Å². The van der Waals surface area contributed by atoms with Gasteiger partial charge < -0.3 is 10.0 Å². The van der Waals surface area contributed by atoms with Crippen molar-refractivity contribution in [1.82, 2.24) is 4.98 Å². The van der Waals surface area contributed by atoms with E-state index in [0.717, 1.165) is 18.8 Å². The monoisotopic (exact) mass is 192 g/mol. The van der Waals surface area contributed by atoms with Gasteiger partial charge in [-0.2, -0.15) is 0 Å². The topological polar surface area (TPSA) is 53.4 Å². The van der Waals surface area contributed by atoms with Gasteiger partial charge in [-0.3, -0.25) is 0 Å². The third-order valence-electron chi connectivity index (χ3n) is 2.48. The third kappa shape index (κ3) is 1.55. The van der Waals surface area contributed by atoms with Crippen LogP contribution < -0.4 is 4.90 Å². The molecule has 0 saturated carbocycles. The minimum Gasteiger partial charge on any atom is -0.480 e. The van der Waals surface area contributed by atoms with Crippen LogP contribution >= 0.6 is 0 Å². The van der Waals surface area contributed by atoms with E-state index in [1.165, 1.54) is 0 Å². The van der Waals surface area contributed by atoms with E-state index in [-0.39, 0.29) is 0 Å². The highest BCUT2D eigenvalue weighted by Crippen LogP contribution is 2.23. The number of hydrogen-bond acceptors (Lipinski definition) is 3. The Morgan fingerprint density at radius 2 is 2.43 bits per heavy atom. The minimum absolute atomic E-state index is 0.398. The molecule has 1 atom stereocenters. The van der Waals surface area contributed by atoms with Crippen molar-refractivity contribution >= 4 is 11.8 Å². The van der Waals surface area contributed by atoms with Crippen LogP contribution in [0.2, 0.25) is 0 Å². The van der Waals surface area contributed by atoms with E-state index in [1.807, 2.05) is 23.1 Å². The number of hydrogen-bond donors (Lipinski definition) is 1. The molecule has 1 aliphatic heterocycles. The van der Waals surface area contributed by atoms with Gasteiger partial charge in [0.05, 0.1) is 0 Å². The van der Waals surface area contributed by atoms with Crippen molar-refractivity contribution in [2.75, 3.05) is 11.4 Å². The minimum atomic E-state index is -0.756. The van der Waals surface area contributed by atoms with Crippen LogP contribution in [0, 0.1) is 0 Å². The number of rotatable bonds is 2.